The van der Waals surface area contributed by atoms with Crippen molar-refractivity contribution in [3.63, 3.8) is 0 Å². The van der Waals surface area contributed by atoms with Gasteiger partial charge in [0.15, 0.2) is 0 Å². The molecule has 0 unspecified atom stereocenters. The Labute approximate surface area is 131 Å². The first-order chi connectivity index (χ1) is 10.7. The van der Waals surface area contributed by atoms with Crippen LogP contribution in [0.1, 0.15) is 17.5 Å². The molecule has 0 spiro atoms. The quantitative estimate of drug-likeness (QED) is 0.769. The zero-order valence-corrected chi connectivity index (χ0v) is 13.1. The molecule has 1 amide bonds. The van der Waals surface area contributed by atoms with Gasteiger partial charge in [0.25, 0.3) is 0 Å². The Bertz CT molecular complexity index is 509. The van der Waals surface area contributed by atoms with E-state index >= 15 is 0 Å². The van der Waals surface area contributed by atoms with Gasteiger partial charge >= 0.3 is 0 Å². The van der Waals surface area contributed by atoms with E-state index in [4.69, 9.17) is 10.5 Å². The zero-order chi connectivity index (χ0) is 15.5. The van der Waals surface area contributed by atoms with Crippen molar-refractivity contribution in [1.82, 2.24) is 10.2 Å². The summed E-state index contributed by atoms with van der Waals surface area (Å²) >= 11 is 0. The summed E-state index contributed by atoms with van der Waals surface area (Å²) in [5, 5.41) is 2.96. The minimum atomic E-state index is -0.105. The van der Waals surface area contributed by atoms with Gasteiger partial charge in [0, 0.05) is 32.3 Å². The number of fused-ring (bicyclic) bond motifs is 1. The Morgan fingerprint density at radius 1 is 1.36 bits per heavy atom. The highest BCUT2D eigenvalue weighted by Gasteiger charge is 2.40. The molecule has 1 aromatic carbocycles. The van der Waals surface area contributed by atoms with Crippen molar-refractivity contribution >= 4 is 5.91 Å². The largest absolute Gasteiger partial charge is 0.383 e. The van der Waals surface area contributed by atoms with Crippen LogP contribution in [-0.2, 0) is 22.4 Å². The van der Waals surface area contributed by atoms with Crippen LogP contribution in [0, 0.1) is 0 Å². The minimum absolute atomic E-state index is 0.0842. The minimum Gasteiger partial charge on any atom is -0.383 e. The molecule has 120 valence electrons. The maximum absolute atomic E-state index is 12.4. The summed E-state index contributed by atoms with van der Waals surface area (Å²) in [6.07, 6.45) is 2.78. The van der Waals surface area contributed by atoms with Crippen molar-refractivity contribution in [3.8, 4) is 0 Å². The van der Waals surface area contributed by atoms with Gasteiger partial charge in [-0.25, -0.2) is 0 Å². The van der Waals surface area contributed by atoms with Gasteiger partial charge in [-0.1, -0.05) is 24.3 Å². The van der Waals surface area contributed by atoms with Crippen LogP contribution < -0.4 is 11.1 Å². The molecule has 1 aliphatic heterocycles. The number of rotatable bonds is 5. The summed E-state index contributed by atoms with van der Waals surface area (Å²) in [5.74, 6) is 0.0842. The highest BCUT2D eigenvalue weighted by molar-refractivity contribution is 5.82. The maximum Gasteiger partial charge on any atom is 0.237 e. The van der Waals surface area contributed by atoms with Crippen molar-refractivity contribution in [1.29, 1.82) is 0 Å². The Balaban J connectivity index is 1.66. The molecule has 3 rings (SSSR count). The van der Waals surface area contributed by atoms with Gasteiger partial charge < -0.3 is 15.8 Å². The molecule has 1 heterocycles. The molecule has 5 heteroatoms. The van der Waals surface area contributed by atoms with Crippen LogP contribution in [0.3, 0.4) is 0 Å². The molecule has 0 saturated carbocycles. The van der Waals surface area contributed by atoms with Crippen molar-refractivity contribution in [2.24, 2.45) is 5.73 Å². The fourth-order valence-corrected chi connectivity index (χ4v) is 3.72. The van der Waals surface area contributed by atoms with Crippen LogP contribution in [-0.4, -0.2) is 55.7 Å². The normalized spacial score (nSPS) is 25.4. The molecule has 22 heavy (non-hydrogen) atoms. The molecule has 3 N–H and O–H groups in total. The standard InChI is InChI=1S/C17H25N3O2/c1-22-7-6-19-17(21)16-10-14(18)11-20(16)15-8-12-4-2-3-5-13(12)9-15/h2-5,14-16H,6-11,18H2,1H3,(H,19,21)/t14-,16-/m0/s1. The number of nitrogens with two attached hydrogens (primary N) is 1. The molecule has 2 aliphatic rings. The number of carbonyl (C=O) groups is 1. The Hall–Kier alpha value is -1.43. The molecule has 5 nitrogen and oxygen atoms in total. The van der Waals surface area contributed by atoms with Crippen molar-refractivity contribution < 1.29 is 9.53 Å². The van der Waals surface area contributed by atoms with Crippen LogP contribution in [0.25, 0.3) is 0 Å². The fourth-order valence-electron chi connectivity index (χ4n) is 3.72. The molecule has 1 aromatic rings. The zero-order valence-electron chi connectivity index (χ0n) is 13.1. The number of nitrogens with one attached hydrogen (secondary N) is 1. The van der Waals surface area contributed by atoms with Gasteiger partial charge in [-0.3, -0.25) is 9.69 Å². The smallest absolute Gasteiger partial charge is 0.237 e. The Morgan fingerprint density at radius 3 is 2.68 bits per heavy atom. The molecule has 0 radical (unpaired) electrons. The molecule has 1 fully saturated rings. The lowest BCUT2D eigenvalue weighted by Gasteiger charge is -2.29. The Kier molecular flexibility index (Phi) is 4.76. The lowest BCUT2D eigenvalue weighted by Crippen LogP contribution is -2.48. The van der Waals surface area contributed by atoms with Crippen LogP contribution in [0.4, 0.5) is 0 Å². The number of hydrogen-bond donors (Lipinski definition) is 2. The van der Waals surface area contributed by atoms with E-state index in [-0.39, 0.29) is 18.0 Å². The summed E-state index contributed by atoms with van der Waals surface area (Å²) in [5.41, 5.74) is 8.95. The van der Waals surface area contributed by atoms with Crippen molar-refractivity contribution in [2.75, 3.05) is 26.8 Å². The van der Waals surface area contributed by atoms with E-state index in [1.165, 1.54) is 11.1 Å². The number of hydrogen-bond acceptors (Lipinski definition) is 4. The highest BCUT2D eigenvalue weighted by Crippen LogP contribution is 2.30. The van der Waals surface area contributed by atoms with Crippen LogP contribution >= 0.6 is 0 Å². The van der Waals surface area contributed by atoms with Crippen LogP contribution in [0.2, 0.25) is 0 Å². The fraction of sp³-hybridized carbons (Fsp3) is 0.588. The number of methoxy groups -OCH3 is 1. The molecular weight excluding hydrogens is 278 g/mol. The number of amides is 1. The lowest BCUT2D eigenvalue weighted by molar-refractivity contribution is -0.126. The third-order valence-corrected chi connectivity index (χ3v) is 4.78. The monoisotopic (exact) mass is 303 g/mol. The second kappa shape index (κ2) is 6.77. The summed E-state index contributed by atoms with van der Waals surface area (Å²) in [6.45, 7) is 1.90. The Morgan fingerprint density at radius 2 is 2.05 bits per heavy atom. The molecule has 1 aliphatic carbocycles. The number of ether oxygens (including phenoxy) is 1. The van der Waals surface area contributed by atoms with E-state index in [0.29, 0.717) is 19.2 Å². The summed E-state index contributed by atoms with van der Waals surface area (Å²) in [7, 11) is 1.64. The van der Waals surface area contributed by atoms with Crippen LogP contribution in [0.5, 0.6) is 0 Å². The second-order valence-corrected chi connectivity index (χ2v) is 6.32. The molecule has 2 atom stereocenters. The van der Waals surface area contributed by atoms with Crippen LogP contribution in [0.15, 0.2) is 24.3 Å². The molecule has 0 aromatic heterocycles. The van der Waals surface area contributed by atoms with Gasteiger partial charge in [-0.05, 0) is 30.4 Å². The summed E-state index contributed by atoms with van der Waals surface area (Å²) in [4.78, 5) is 14.8. The molecular formula is C17H25N3O2. The van der Waals surface area contributed by atoms with Gasteiger partial charge in [0.05, 0.1) is 12.6 Å². The van der Waals surface area contributed by atoms with E-state index in [1.54, 1.807) is 7.11 Å². The van der Waals surface area contributed by atoms with E-state index in [1.807, 2.05) is 0 Å². The number of carbonyl (C=O) groups excluding carboxylic acids is 1. The SMILES string of the molecule is COCCNC(=O)[C@@H]1C[C@H](N)CN1C1Cc2ccccc2C1. The van der Waals surface area contributed by atoms with Gasteiger partial charge in [0.2, 0.25) is 5.91 Å². The molecule has 0 bridgehead atoms. The van der Waals surface area contributed by atoms with Gasteiger partial charge in [0.1, 0.15) is 0 Å². The van der Waals surface area contributed by atoms with E-state index in [2.05, 4.69) is 34.5 Å². The average molecular weight is 303 g/mol. The van der Waals surface area contributed by atoms with Gasteiger partial charge in [-0.15, -0.1) is 0 Å². The van der Waals surface area contributed by atoms with Gasteiger partial charge in [-0.2, -0.15) is 0 Å². The lowest BCUT2D eigenvalue weighted by atomic mass is 10.1. The summed E-state index contributed by atoms with van der Waals surface area (Å²) in [6, 6.07) is 8.94. The van der Waals surface area contributed by atoms with E-state index in [9.17, 15) is 4.79 Å². The predicted octanol–water partition coefficient (Wildman–Crippen LogP) is 0.318. The second-order valence-electron chi connectivity index (χ2n) is 6.32. The molecule has 1 saturated heterocycles. The highest BCUT2D eigenvalue weighted by atomic mass is 16.5. The van der Waals surface area contributed by atoms with Crippen molar-refractivity contribution in [3.05, 3.63) is 35.4 Å². The van der Waals surface area contributed by atoms with Crippen molar-refractivity contribution in [2.45, 2.75) is 37.4 Å². The first kappa shape index (κ1) is 15.5. The third kappa shape index (κ3) is 3.16. The first-order valence-corrected chi connectivity index (χ1v) is 8.03. The maximum atomic E-state index is 12.4. The van der Waals surface area contributed by atoms with E-state index in [0.717, 1.165) is 25.8 Å². The number of benzene rings is 1. The topological polar surface area (TPSA) is 67.6 Å². The third-order valence-electron chi connectivity index (χ3n) is 4.78. The first-order valence-electron chi connectivity index (χ1n) is 8.03. The average Bonchev–Trinajstić information content (AvgIpc) is 3.10. The van der Waals surface area contributed by atoms with E-state index < -0.39 is 0 Å². The number of nitrogens with zero attached hydrogens (tertiary/aromatic N) is 1. The number of likely N-dealkylation sites (tertiary alicyclic amines) is 1. The summed E-state index contributed by atoms with van der Waals surface area (Å²) < 4.78 is 4.99. The predicted molar refractivity (Wildman–Crippen MR) is 85.6 cm³/mol.